The highest BCUT2D eigenvalue weighted by molar-refractivity contribution is 6.31. The topological polar surface area (TPSA) is 103 Å². The van der Waals surface area contributed by atoms with E-state index in [0.29, 0.717) is 33.3 Å². The molecule has 0 bridgehead atoms. The fourth-order valence-corrected chi connectivity index (χ4v) is 2.39. The van der Waals surface area contributed by atoms with Crippen molar-refractivity contribution in [2.45, 2.75) is 26.4 Å². The molecule has 0 aliphatic heterocycles. The molecule has 0 aliphatic carbocycles. The van der Waals surface area contributed by atoms with Crippen LogP contribution in [0.5, 0.6) is 0 Å². The van der Waals surface area contributed by atoms with E-state index in [1.807, 2.05) is 0 Å². The van der Waals surface area contributed by atoms with Gasteiger partial charge in [0, 0.05) is 10.7 Å². The molecule has 144 valence electrons. The van der Waals surface area contributed by atoms with Crippen molar-refractivity contribution in [3.8, 4) is 0 Å². The van der Waals surface area contributed by atoms with E-state index in [-0.39, 0.29) is 0 Å². The van der Waals surface area contributed by atoms with E-state index in [9.17, 15) is 9.59 Å². The highest BCUT2D eigenvalue weighted by Crippen LogP contribution is 2.30. The summed E-state index contributed by atoms with van der Waals surface area (Å²) in [5.74, 6) is -0.518. The van der Waals surface area contributed by atoms with E-state index in [4.69, 9.17) is 26.8 Å². The van der Waals surface area contributed by atoms with Gasteiger partial charge in [-0.15, -0.1) is 0 Å². The monoisotopic (exact) mass is 391 g/mol. The zero-order valence-corrected chi connectivity index (χ0v) is 16.3. The average molecular weight is 392 g/mol. The maximum absolute atomic E-state index is 12.0. The second-order valence-corrected chi connectivity index (χ2v) is 7.17. The SMILES string of the molecule is COC(=O)c1ccc(Cl)cc1Nc1cc(NC(=O)OC(C)(C)C)ccc1N. The molecule has 0 aromatic heterocycles. The van der Waals surface area contributed by atoms with Gasteiger partial charge in [0.05, 0.1) is 29.7 Å². The van der Waals surface area contributed by atoms with E-state index < -0.39 is 17.7 Å². The number of amides is 1. The first kappa shape index (κ1) is 20.4. The molecule has 0 saturated carbocycles. The van der Waals surface area contributed by atoms with Gasteiger partial charge >= 0.3 is 12.1 Å². The van der Waals surface area contributed by atoms with Crippen LogP contribution in [0.1, 0.15) is 31.1 Å². The van der Waals surface area contributed by atoms with Gasteiger partial charge in [0.1, 0.15) is 5.60 Å². The molecule has 1 amide bonds. The Morgan fingerprint density at radius 2 is 1.78 bits per heavy atom. The molecule has 2 aromatic rings. The van der Waals surface area contributed by atoms with Crippen LogP contribution in [0.15, 0.2) is 36.4 Å². The van der Waals surface area contributed by atoms with Crippen LogP contribution < -0.4 is 16.4 Å². The first-order chi connectivity index (χ1) is 12.6. The van der Waals surface area contributed by atoms with Crippen LogP contribution in [0.25, 0.3) is 0 Å². The third-order valence-electron chi connectivity index (χ3n) is 3.35. The van der Waals surface area contributed by atoms with E-state index in [2.05, 4.69) is 10.6 Å². The van der Waals surface area contributed by atoms with E-state index >= 15 is 0 Å². The van der Waals surface area contributed by atoms with Gasteiger partial charge in [0.15, 0.2) is 0 Å². The molecule has 2 rings (SSSR count). The Morgan fingerprint density at radius 3 is 2.41 bits per heavy atom. The normalized spacial score (nSPS) is 10.9. The second kappa shape index (κ2) is 8.18. The number of halogens is 1. The largest absolute Gasteiger partial charge is 0.465 e. The van der Waals surface area contributed by atoms with Crippen LogP contribution >= 0.6 is 11.6 Å². The predicted molar refractivity (Wildman–Crippen MR) is 107 cm³/mol. The Balaban J connectivity index is 2.29. The molecule has 0 saturated heterocycles. The number of hydrogen-bond acceptors (Lipinski definition) is 6. The summed E-state index contributed by atoms with van der Waals surface area (Å²) in [6.45, 7) is 5.32. The van der Waals surface area contributed by atoms with Crippen molar-refractivity contribution in [3.05, 3.63) is 47.0 Å². The quantitative estimate of drug-likeness (QED) is 0.511. The van der Waals surface area contributed by atoms with E-state index in [0.717, 1.165) is 0 Å². The zero-order chi connectivity index (χ0) is 20.2. The van der Waals surface area contributed by atoms with Gasteiger partial charge in [-0.25, -0.2) is 9.59 Å². The number of nitrogens with two attached hydrogens (primary N) is 1. The third kappa shape index (κ3) is 5.79. The highest BCUT2D eigenvalue weighted by Gasteiger charge is 2.17. The number of esters is 1. The van der Waals surface area contributed by atoms with Gasteiger partial charge in [-0.1, -0.05) is 11.6 Å². The van der Waals surface area contributed by atoms with Crippen LogP contribution in [0, 0.1) is 0 Å². The minimum absolute atomic E-state index is 0.298. The van der Waals surface area contributed by atoms with Crippen molar-refractivity contribution in [2.24, 2.45) is 0 Å². The fraction of sp³-hybridized carbons (Fsp3) is 0.263. The number of nitrogen functional groups attached to an aromatic ring is 1. The molecule has 0 spiro atoms. The number of rotatable bonds is 4. The Bertz CT molecular complexity index is 863. The summed E-state index contributed by atoms with van der Waals surface area (Å²) in [5.41, 5.74) is 7.49. The van der Waals surface area contributed by atoms with Crippen molar-refractivity contribution in [2.75, 3.05) is 23.5 Å². The summed E-state index contributed by atoms with van der Waals surface area (Å²) in [6, 6.07) is 9.61. The van der Waals surface area contributed by atoms with E-state index in [1.165, 1.54) is 7.11 Å². The van der Waals surface area contributed by atoms with Crippen molar-refractivity contribution in [1.82, 2.24) is 0 Å². The van der Waals surface area contributed by atoms with Gasteiger partial charge in [-0.2, -0.15) is 0 Å². The lowest BCUT2D eigenvalue weighted by Gasteiger charge is -2.20. The second-order valence-electron chi connectivity index (χ2n) is 6.74. The van der Waals surface area contributed by atoms with Crippen molar-refractivity contribution < 1.29 is 19.1 Å². The summed E-state index contributed by atoms with van der Waals surface area (Å²) in [7, 11) is 1.29. The Labute approximate surface area is 162 Å². The minimum Gasteiger partial charge on any atom is -0.465 e. The number of ether oxygens (including phenoxy) is 2. The number of anilines is 4. The van der Waals surface area contributed by atoms with Crippen molar-refractivity contribution in [3.63, 3.8) is 0 Å². The Kier molecular flexibility index (Phi) is 6.17. The van der Waals surface area contributed by atoms with Gasteiger partial charge in [0.2, 0.25) is 0 Å². The molecule has 27 heavy (non-hydrogen) atoms. The summed E-state index contributed by atoms with van der Waals surface area (Å²) in [4.78, 5) is 23.9. The maximum Gasteiger partial charge on any atom is 0.412 e. The molecule has 2 aromatic carbocycles. The Morgan fingerprint density at radius 1 is 1.07 bits per heavy atom. The molecule has 0 unspecified atom stereocenters. The molecular formula is C19H22ClN3O4. The molecule has 0 heterocycles. The maximum atomic E-state index is 12.0. The van der Waals surface area contributed by atoms with Gasteiger partial charge in [-0.3, -0.25) is 5.32 Å². The van der Waals surface area contributed by atoms with E-state index in [1.54, 1.807) is 57.2 Å². The lowest BCUT2D eigenvalue weighted by molar-refractivity contribution is 0.0599. The Hall–Kier alpha value is -2.93. The predicted octanol–water partition coefficient (Wildman–Crippen LogP) is 4.80. The molecule has 7 nitrogen and oxygen atoms in total. The summed E-state index contributed by atoms with van der Waals surface area (Å²) >= 11 is 6.04. The summed E-state index contributed by atoms with van der Waals surface area (Å²) < 4.78 is 10.0. The number of methoxy groups -OCH3 is 1. The van der Waals surface area contributed by atoms with Crippen LogP contribution in [0.3, 0.4) is 0 Å². The smallest absolute Gasteiger partial charge is 0.412 e. The summed E-state index contributed by atoms with van der Waals surface area (Å²) in [6.07, 6.45) is -0.587. The van der Waals surface area contributed by atoms with Gasteiger partial charge < -0.3 is 20.5 Å². The van der Waals surface area contributed by atoms with Crippen molar-refractivity contribution in [1.29, 1.82) is 0 Å². The number of benzene rings is 2. The van der Waals surface area contributed by atoms with Gasteiger partial charge in [-0.05, 0) is 57.2 Å². The third-order valence-corrected chi connectivity index (χ3v) is 3.59. The molecule has 8 heteroatoms. The van der Waals surface area contributed by atoms with Crippen LogP contribution in [0.4, 0.5) is 27.5 Å². The number of carbonyl (C=O) groups is 2. The lowest BCUT2D eigenvalue weighted by atomic mass is 10.1. The number of carbonyl (C=O) groups excluding carboxylic acids is 2. The molecule has 0 radical (unpaired) electrons. The highest BCUT2D eigenvalue weighted by atomic mass is 35.5. The van der Waals surface area contributed by atoms with Gasteiger partial charge in [0.25, 0.3) is 0 Å². The molecule has 0 fully saturated rings. The minimum atomic E-state index is -0.616. The van der Waals surface area contributed by atoms with Crippen molar-refractivity contribution >= 4 is 46.4 Å². The first-order valence-electron chi connectivity index (χ1n) is 8.13. The molecule has 4 N–H and O–H groups in total. The molecular weight excluding hydrogens is 370 g/mol. The molecule has 0 aliphatic rings. The zero-order valence-electron chi connectivity index (χ0n) is 15.6. The molecule has 0 atom stereocenters. The van der Waals surface area contributed by atoms with Crippen LogP contribution in [-0.2, 0) is 9.47 Å². The lowest BCUT2D eigenvalue weighted by Crippen LogP contribution is -2.27. The number of nitrogens with one attached hydrogen (secondary N) is 2. The number of hydrogen-bond donors (Lipinski definition) is 3. The fourth-order valence-electron chi connectivity index (χ4n) is 2.22. The average Bonchev–Trinajstić information content (AvgIpc) is 2.55. The van der Waals surface area contributed by atoms with Crippen LogP contribution in [0.2, 0.25) is 5.02 Å². The standard InChI is InChI=1S/C19H22ClN3O4/c1-19(2,3)27-18(25)22-12-6-8-14(21)16(10-12)23-15-9-11(20)5-7-13(15)17(24)26-4/h5-10,23H,21H2,1-4H3,(H,22,25). The summed E-state index contributed by atoms with van der Waals surface area (Å²) in [5, 5.41) is 6.13. The van der Waals surface area contributed by atoms with Crippen LogP contribution in [-0.4, -0.2) is 24.8 Å². The first-order valence-corrected chi connectivity index (χ1v) is 8.51.